The van der Waals surface area contributed by atoms with Crippen LogP contribution in [0.4, 0.5) is 10.1 Å². The minimum absolute atomic E-state index is 0.0498. The number of nitrogens with one attached hydrogen (secondary N) is 2. The lowest BCUT2D eigenvalue weighted by atomic mass is 10.3. The lowest BCUT2D eigenvalue weighted by Gasteiger charge is -2.07. The van der Waals surface area contributed by atoms with Gasteiger partial charge in [-0.05, 0) is 30.3 Å². The van der Waals surface area contributed by atoms with Crippen molar-refractivity contribution in [3.63, 3.8) is 0 Å². The van der Waals surface area contributed by atoms with E-state index in [9.17, 15) is 18.8 Å². The zero-order valence-electron chi connectivity index (χ0n) is 12.2. The summed E-state index contributed by atoms with van der Waals surface area (Å²) < 4.78 is 22.5. The molecule has 24 heavy (non-hydrogen) atoms. The Balaban J connectivity index is 1.72. The van der Waals surface area contributed by atoms with E-state index in [1.807, 2.05) is 0 Å². The number of halogens is 2. The molecule has 2 aromatic rings. The van der Waals surface area contributed by atoms with Crippen LogP contribution in [0.2, 0.25) is 5.02 Å². The standard InChI is InChI=1S/C15H12ClFN2O5/c16-10-6-9(3-4-11(10)17)19-13(20)8-24-14(21)7-18-15(22)12-2-1-5-23-12/h1-6H,7-8H2,(H,18,22)(H,19,20). The maximum absolute atomic E-state index is 13.0. The molecule has 0 aliphatic heterocycles. The molecule has 0 aliphatic carbocycles. The van der Waals surface area contributed by atoms with Gasteiger partial charge in [-0.15, -0.1) is 0 Å². The van der Waals surface area contributed by atoms with Gasteiger partial charge in [-0.3, -0.25) is 14.4 Å². The molecule has 0 fully saturated rings. The Morgan fingerprint density at radius 2 is 2.04 bits per heavy atom. The highest BCUT2D eigenvalue weighted by Gasteiger charge is 2.12. The number of hydrogen-bond donors (Lipinski definition) is 2. The summed E-state index contributed by atoms with van der Waals surface area (Å²) in [5.74, 6) is -2.59. The van der Waals surface area contributed by atoms with E-state index >= 15 is 0 Å². The van der Waals surface area contributed by atoms with Gasteiger partial charge in [-0.25, -0.2) is 4.39 Å². The smallest absolute Gasteiger partial charge is 0.325 e. The average molecular weight is 355 g/mol. The van der Waals surface area contributed by atoms with Gasteiger partial charge in [-0.2, -0.15) is 0 Å². The molecule has 1 aromatic heterocycles. The molecule has 0 saturated heterocycles. The normalized spacial score (nSPS) is 10.1. The van der Waals surface area contributed by atoms with Gasteiger partial charge >= 0.3 is 5.97 Å². The number of carbonyl (C=O) groups excluding carboxylic acids is 3. The molecule has 0 atom stereocenters. The van der Waals surface area contributed by atoms with Gasteiger partial charge < -0.3 is 19.8 Å². The summed E-state index contributed by atoms with van der Waals surface area (Å²) >= 11 is 5.58. The summed E-state index contributed by atoms with van der Waals surface area (Å²) in [5.41, 5.74) is 0.258. The molecular weight excluding hydrogens is 343 g/mol. The van der Waals surface area contributed by atoms with Crippen LogP contribution in [0.1, 0.15) is 10.6 Å². The summed E-state index contributed by atoms with van der Waals surface area (Å²) in [6.45, 7) is -0.986. The largest absolute Gasteiger partial charge is 0.459 e. The summed E-state index contributed by atoms with van der Waals surface area (Å²) in [4.78, 5) is 34.6. The van der Waals surface area contributed by atoms with E-state index in [2.05, 4.69) is 10.6 Å². The first-order valence-electron chi connectivity index (χ1n) is 6.68. The van der Waals surface area contributed by atoms with Gasteiger partial charge in [0, 0.05) is 5.69 Å². The fourth-order valence-electron chi connectivity index (χ4n) is 1.62. The van der Waals surface area contributed by atoms with Crippen LogP contribution in [0.15, 0.2) is 41.0 Å². The molecule has 7 nitrogen and oxygen atoms in total. The Hall–Kier alpha value is -2.87. The molecule has 1 heterocycles. The Bertz CT molecular complexity index is 748. The third-order valence-corrected chi connectivity index (χ3v) is 3.00. The average Bonchev–Trinajstić information content (AvgIpc) is 3.08. The second kappa shape index (κ2) is 8.11. The molecular formula is C15H12ClFN2O5. The third kappa shape index (κ3) is 5.10. The number of hydrogen-bond acceptors (Lipinski definition) is 5. The van der Waals surface area contributed by atoms with Crippen molar-refractivity contribution >= 4 is 35.1 Å². The molecule has 0 unspecified atom stereocenters. The number of amides is 2. The van der Waals surface area contributed by atoms with Gasteiger partial charge in [0.05, 0.1) is 11.3 Å². The van der Waals surface area contributed by atoms with Crippen LogP contribution in [-0.4, -0.2) is 30.9 Å². The van der Waals surface area contributed by atoms with Gasteiger partial charge in [0.15, 0.2) is 12.4 Å². The monoisotopic (exact) mass is 354 g/mol. The second-order valence-corrected chi connectivity index (χ2v) is 4.90. The van der Waals surface area contributed by atoms with Crippen LogP contribution in [0, 0.1) is 5.82 Å². The van der Waals surface area contributed by atoms with E-state index in [1.165, 1.54) is 30.5 Å². The number of rotatable bonds is 6. The van der Waals surface area contributed by atoms with Gasteiger partial charge in [0.2, 0.25) is 0 Å². The number of anilines is 1. The fourth-order valence-corrected chi connectivity index (χ4v) is 1.80. The maximum atomic E-state index is 13.0. The van der Waals surface area contributed by atoms with Crippen molar-refractivity contribution in [1.29, 1.82) is 0 Å². The molecule has 0 bridgehead atoms. The predicted molar refractivity (Wildman–Crippen MR) is 82.0 cm³/mol. The summed E-state index contributed by atoms with van der Waals surface area (Å²) in [7, 11) is 0. The van der Waals surface area contributed by atoms with Gasteiger partial charge in [-0.1, -0.05) is 11.6 Å². The van der Waals surface area contributed by atoms with E-state index in [4.69, 9.17) is 20.8 Å². The SMILES string of the molecule is O=C(COC(=O)CNC(=O)c1ccco1)Nc1ccc(F)c(Cl)c1. The summed E-state index contributed by atoms with van der Waals surface area (Å²) in [6, 6.07) is 6.58. The van der Waals surface area contributed by atoms with Crippen molar-refractivity contribution < 1.29 is 27.9 Å². The van der Waals surface area contributed by atoms with Crippen LogP contribution in [0.3, 0.4) is 0 Å². The van der Waals surface area contributed by atoms with Crippen LogP contribution < -0.4 is 10.6 Å². The van der Waals surface area contributed by atoms with E-state index in [1.54, 1.807) is 0 Å². The minimum Gasteiger partial charge on any atom is -0.459 e. The van der Waals surface area contributed by atoms with Gasteiger partial charge in [0.25, 0.3) is 11.8 Å². The molecule has 2 N–H and O–H groups in total. The fraction of sp³-hybridized carbons (Fsp3) is 0.133. The second-order valence-electron chi connectivity index (χ2n) is 4.50. The minimum atomic E-state index is -0.804. The first-order valence-corrected chi connectivity index (χ1v) is 7.05. The summed E-state index contributed by atoms with van der Waals surface area (Å²) in [6.07, 6.45) is 1.32. The molecule has 0 spiro atoms. The molecule has 0 aliphatic rings. The molecule has 2 amide bonds. The first kappa shape index (κ1) is 17.5. The van der Waals surface area contributed by atoms with Crippen LogP contribution >= 0.6 is 11.6 Å². The Morgan fingerprint density at radius 1 is 1.25 bits per heavy atom. The zero-order chi connectivity index (χ0) is 17.5. The van der Waals surface area contributed by atoms with Crippen molar-refractivity contribution in [2.75, 3.05) is 18.5 Å². The van der Waals surface area contributed by atoms with Crippen LogP contribution in [0.5, 0.6) is 0 Å². The van der Waals surface area contributed by atoms with Crippen molar-refractivity contribution in [3.05, 3.63) is 53.2 Å². The number of esters is 1. The molecule has 126 valence electrons. The molecule has 1 aromatic carbocycles. The first-order chi connectivity index (χ1) is 11.5. The zero-order valence-corrected chi connectivity index (χ0v) is 12.9. The van der Waals surface area contributed by atoms with E-state index in [0.29, 0.717) is 0 Å². The molecule has 0 radical (unpaired) electrons. The highest BCUT2D eigenvalue weighted by atomic mass is 35.5. The topological polar surface area (TPSA) is 97.6 Å². The van der Waals surface area contributed by atoms with Crippen molar-refractivity contribution in [2.24, 2.45) is 0 Å². The lowest BCUT2D eigenvalue weighted by molar-refractivity contribution is -0.146. The van der Waals surface area contributed by atoms with Crippen molar-refractivity contribution in [1.82, 2.24) is 5.32 Å². The Labute approximate surface area is 140 Å². The molecule has 0 saturated carbocycles. The molecule has 2 rings (SSSR count). The Kier molecular flexibility index (Phi) is 5.91. The van der Waals surface area contributed by atoms with Crippen LogP contribution in [-0.2, 0) is 14.3 Å². The van der Waals surface area contributed by atoms with Gasteiger partial charge in [0.1, 0.15) is 12.4 Å². The molecule has 9 heteroatoms. The van der Waals surface area contributed by atoms with Crippen molar-refractivity contribution in [2.45, 2.75) is 0 Å². The Morgan fingerprint density at radius 3 is 2.71 bits per heavy atom. The highest BCUT2D eigenvalue weighted by Crippen LogP contribution is 2.19. The summed E-state index contributed by atoms with van der Waals surface area (Å²) in [5, 5.41) is 4.51. The number of carbonyl (C=O) groups is 3. The van der Waals surface area contributed by atoms with Crippen molar-refractivity contribution in [3.8, 4) is 0 Å². The number of ether oxygens (including phenoxy) is 1. The van der Waals surface area contributed by atoms with Crippen LogP contribution in [0.25, 0.3) is 0 Å². The van der Waals surface area contributed by atoms with E-state index < -0.39 is 36.8 Å². The number of furan rings is 1. The van der Waals surface area contributed by atoms with E-state index in [-0.39, 0.29) is 16.5 Å². The lowest BCUT2D eigenvalue weighted by Crippen LogP contribution is -2.32. The highest BCUT2D eigenvalue weighted by molar-refractivity contribution is 6.31. The maximum Gasteiger partial charge on any atom is 0.325 e. The third-order valence-electron chi connectivity index (χ3n) is 2.71. The number of benzene rings is 1. The quantitative estimate of drug-likeness (QED) is 0.773. The van der Waals surface area contributed by atoms with E-state index in [0.717, 1.165) is 6.07 Å². The predicted octanol–water partition coefficient (Wildman–Crippen LogP) is 1.98.